The maximum Gasteiger partial charge on any atom is 0.331 e. The summed E-state index contributed by atoms with van der Waals surface area (Å²) in [7, 11) is 0. The summed E-state index contributed by atoms with van der Waals surface area (Å²) in [6.07, 6.45) is 0. The van der Waals surface area contributed by atoms with Crippen molar-refractivity contribution in [2.45, 2.75) is 20.8 Å². The average Bonchev–Trinajstić information content (AvgIpc) is 1.81. The summed E-state index contributed by atoms with van der Waals surface area (Å²) < 4.78 is 4.12. The normalized spacial score (nSPS) is 9.54. The molecule has 0 radical (unpaired) electrons. The number of ketones is 2. The first-order valence-corrected chi connectivity index (χ1v) is 3.59. The third kappa shape index (κ3) is 3.59. The molecule has 0 spiro atoms. The molecule has 0 bridgehead atoms. The summed E-state index contributed by atoms with van der Waals surface area (Å²) >= 11 is 0. The van der Waals surface area contributed by atoms with Crippen LogP contribution in [-0.2, 0) is 23.9 Å². The lowest BCUT2D eigenvalue weighted by atomic mass is 10.0. The highest BCUT2D eigenvalue weighted by Gasteiger charge is 2.30. The van der Waals surface area contributed by atoms with E-state index >= 15 is 0 Å². The Bertz CT molecular complexity index is 252. The van der Waals surface area contributed by atoms with Crippen LogP contribution in [0.4, 0.5) is 0 Å². The smallest absolute Gasteiger partial charge is 0.331 e. The van der Waals surface area contributed by atoms with Gasteiger partial charge >= 0.3 is 11.9 Å². The summed E-state index contributed by atoms with van der Waals surface area (Å²) in [5.41, 5.74) is 0. The summed E-state index contributed by atoms with van der Waals surface area (Å²) in [6, 6.07) is 0. The second-order valence-corrected chi connectivity index (χ2v) is 2.57. The molecule has 0 unspecified atom stereocenters. The maximum absolute atomic E-state index is 11.0. The number of esters is 2. The predicted molar refractivity (Wildman–Crippen MR) is 41.6 cm³/mol. The molecule has 0 saturated carbocycles. The maximum atomic E-state index is 11.0. The molecular formula is C8H10O5. The highest BCUT2D eigenvalue weighted by atomic mass is 16.6. The summed E-state index contributed by atoms with van der Waals surface area (Å²) in [6.45, 7) is 3.20. The molecule has 0 aliphatic rings. The zero-order valence-corrected chi connectivity index (χ0v) is 7.62. The summed E-state index contributed by atoms with van der Waals surface area (Å²) in [4.78, 5) is 42.8. The minimum atomic E-state index is -1.47. The van der Waals surface area contributed by atoms with E-state index in [9.17, 15) is 19.2 Å². The van der Waals surface area contributed by atoms with Crippen LogP contribution in [-0.4, -0.2) is 23.5 Å². The number of hydrogen-bond donors (Lipinski definition) is 0. The number of carbonyl (C=O) groups is 4. The largest absolute Gasteiger partial charge is 0.392 e. The number of carbonyl (C=O) groups excluding carboxylic acids is 4. The van der Waals surface area contributed by atoms with Crippen molar-refractivity contribution < 1.29 is 23.9 Å². The van der Waals surface area contributed by atoms with E-state index < -0.39 is 29.4 Å². The average molecular weight is 186 g/mol. The van der Waals surface area contributed by atoms with E-state index in [-0.39, 0.29) is 0 Å². The zero-order valence-electron chi connectivity index (χ0n) is 7.62. The van der Waals surface area contributed by atoms with Gasteiger partial charge in [-0.3, -0.25) is 19.2 Å². The molecule has 0 aromatic rings. The monoisotopic (exact) mass is 186 g/mol. The Hall–Kier alpha value is -1.52. The Morgan fingerprint density at radius 1 is 0.923 bits per heavy atom. The van der Waals surface area contributed by atoms with Crippen molar-refractivity contribution in [2.75, 3.05) is 0 Å². The van der Waals surface area contributed by atoms with Crippen LogP contribution in [0.2, 0.25) is 0 Å². The molecule has 0 amide bonds. The molecule has 0 aromatic heterocycles. The Labute approximate surface area is 75.1 Å². The number of hydrogen-bond acceptors (Lipinski definition) is 5. The van der Waals surface area contributed by atoms with Gasteiger partial charge in [-0.15, -0.1) is 0 Å². The van der Waals surface area contributed by atoms with Crippen molar-refractivity contribution in [3.05, 3.63) is 0 Å². The standard InChI is InChI=1S/C8H10O5/c1-4(9)7(5(2)10)8(12)13-6(3)11/h7H,1-3H3. The van der Waals surface area contributed by atoms with E-state index in [4.69, 9.17) is 0 Å². The minimum absolute atomic E-state index is 0.626. The Kier molecular flexibility index (Phi) is 3.97. The molecule has 0 heterocycles. The molecule has 13 heavy (non-hydrogen) atoms. The van der Waals surface area contributed by atoms with E-state index in [0.29, 0.717) is 0 Å². The number of rotatable bonds is 3. The van der Waals surface area contributed by atoms with Gasteiger partial charge in [0.05, 0.1) is 0 Å². The lowest BCUT2D eigenvalue weighted by Crippen LogP contribution is -2.31. The van der Waals surface area contributed by atoms with Crippen LogP contribution >= 0.6 is 0 Å². The Morgan fingerprint density at radius 2 is 1.31 bits per heavy atom. The van der Waals surface area contributed by atoms with E-state index in [0.717, 1.165) is 20.8 Å². The SMILES string of the molecule is CC(=O)OC(=O)C(C(C)=O)C(C)=O. The van der Waals surface area contributed by atoms with Gasteiger partial charge in [0.1, 0.15) is 0 Å². The van der Waals surface area contributed by atoms with Gasteiger partial charge in [-0.1, -0.05) is 0 Å². The van der Waals surface area contributed by atoms with Crippen LogP contribution in [0.5, 0.6) is 0 Å². The van der Waals surface area contributed by atoms with Crippen molar-refractivity contribution in [3.63, 3.8) is 0 Å². The Balaban J connectivity index is 4.57. The molecule has 0 aliphatic carbocycles. The van der Waals surface area contributed by atoms with Crippen LogP contribution in [0.25, 0.3) is 0 Å². The second-order valence-electron chi connectivity index (χ2n) is 2.57. The van der Waals surface area contributed by atoms with Gasteiger partial charge in [0, 0.05) is 6.92 Å². The zero-order chi connectivity index (χ0) is 10.6. The number of ether oxygens (including phenoxy) is 1. The van der Waals surface area contributed by atoms with Gasteiger partial charge < -0.3 is 4.74 Å². The fourth-order valence-corrected chi connectivity index (χ4v) is 0.819. The third-order valence-electron chi connectivity index (χ3n) is 1.29. The first-order valence-electron chi connectivity index (χ1n) is 3.59. The van der Waals surface area contributed by atoms with E-state index in [1.807, 2.05) is 0 Å². The molecule has 5 nitrogen and oxygen atoms in total. The van der Waals surface area contributed by atoms with Crippen LogP contribution in [0.3, 0.4) is 0 Å². The van der Waals surface area contributed by atoms with Gasteiger partial charge in [0.2, 0.25) is 0 Å². The topological polar surface area (TPSA) is 77.5 Å². The van der Waals surface area contributed by atoms with Crippen molar-refractivity contribution in [3.8, 4) is 0 Å². The first-order chi connectivity index (χ1) is 5.86. The van der Waals surface area contributed by atoms with Gasteiger partial charge in [-0.05, 0) is 13.8 Å². The lowest BCUT2D eigenvalue weighted by molar-refractivity contribution is -0.162. The highest BCUT2D eigenvalue weighted by Crippen LogP contribution is 2.03. The van der Waals surface area contributed by atoms with Gasteiger partial charge in [-0.2, -0.15) is 0 Å². The van der Waals surface area contributed by atoms with E-state index in [2.05, 4.69) is 4.74 Å². The van der Waals surface area contributed by atoms with E-state index in [1.165, 1.54) is 0 Å². The van der Waals surface area contributed by atoms with Crippen LogP contribution in [0.1, 0.15) is 20.8 Å². The molecule has 0 aromatic carbocycles. The van der Waals surface area contributed by atoms with Crippen LogP contribution in [0, 0.1) is 5.92 Å². The minimum Gasteiger partial charge on any atom is -0.392 e. The van der Waals surface area contributed by atoms with Crippen molar-refractivity contribution in [1.29, 1.82) is 0 Å². The molecule has 5 heteroatoms. The molecule has 0 saturated heterocycles. The summed E-state index contributed by atoms with van der Waals surface area (Å²) in [5.74, 6) is -4.66. The van der Waals surface area contributed by atoms with Crippen molar-refractivity contribution in [1.82, 2.24) is 0 Å². The van der Waals surface area contributed by atoms with Crippen LogP contribution < -0.4 is 0 Å². The van der Waals surface area contributed by atoms with Crippen LogP contribution in [0.15, 0.2) is 0 Å². The second kappa shape index (κ2) is 4.49. The molecule has 72 valence electrons. The number of Topliss-reactive ketones (excluding diaryl/α,β-unsaturated/α-hetero) is 2. The van der Waals surface area contributed by atoms with E-state index in [1.54, 1.807) is 0 Å². The predicted octanol–water partition coefficient (Wildman–Crippen LogP) is -0.130. The molecule has 0 fully saturated rings. The Morgan fingerprint density at radius 3 is 1.54 bits per heavy atom. The molecular weight excluding hydrogens is 176 g/mol. The molecule has 0 atom stereocenters. The fraction of sp³-hybridized carbons (Fsp3) is 0.500. The van der Waals surface area contributed by atoms with Crippen molar-refractivity contribution >= 4 is 23.5 Å². The van der Waals surface area contributed by atoms with Gasteiger partial charge in [0.15, 0.2) is 17.5 Å². The first kappa shape index (κ1) is 11.5. The van der Waals surface area contributed by atoms with Crippen molar-refractivity contribution in [2.24, 2.45) is 5.92 Å². The van der Waals surface area contributed by atoms with Gasteiger partial charge in [0.25, 0.3) is 0 Å². The molecule has 0 rings (SSSR count). The van der Waals surface area contributed by atoms with Gasteiger partial charge in [-0.25, -0.2) is 0 Å². The quantitative estimate of drug-likeness (QED) is 0.453. The third-order valence-corrected chi connectivity index (χ3v) is 1.29. The fourth-order valence-electron chi connectivity index (χ4n) is 0.819. The molecule has 0 aliphatic heterocycles. The lowest BCUT2D eigenvalue weighted by Gasteiger charge is -2.06. The highest BCUT2D eigenvalue weighted by molar-refractivity contribution is 6.17. The molecule has 0 N–H and O–H groups in total. The summed E-state index contributed by atoms with van der Waals surface area (Å²) in [5, 5.41) is 0.